The predicted molar refractivity (Wildman–Crippen MR) is 118 cm³/mol. The highest BCUT2D eigenvalue weighted by Crippen LogP contribution is 2.11. The maximum atomic E-state index is 12.7. The number of phenols is 1. The van der Waals surface area contributed by atoms with Crippen molar-refractivity contribution in [2.24, 2.45) is 5.73 Å². The summed E-state index contributed by atoms with van der Waals surface area (Å²) in [4.78, 5) is 55.2. The van der Waals surface area contributed by atoms with Gasteiger partial charge in [0.15, 0.2) is 0 Å². The fourth-order valence-corrected chi connectivity index (χ4v) is 2.92. The summed E-state index contributed by atoms with van der Waals surface area (Å²) >= 11 is 0. The van der Waals surface area contributed by atoms with Gasteiger partial charge in [-0.3, -0.25) is 14.4 Å². The predicted octanol–water partition coefficient (Wildman–Crippen LogP) is -2.22. The molecule has 184 valence electrons. The summed E-state index contributed by atoms with van der Waals surface area (Å²) < 4.78 is 0. The number of aromatic nitrogens is 2. The minimum Gasteiger partial charge on any atom is -0.508 e. The third-order valence-corrected chi connectivity index (χ3v) is 4.87. The van der Waals surface area contributed by atoms with Crippen LogP contribution < -0.4 is 21.7 Å². The fraction of sp³-hybridized carbons (Fsp3) is 0.381. The van der Waals surface area contributed by atoms with Gasteiger partial charge in [0.2, 0.25) is 17.7 Å². The smallest absolute Gasteiger partial charge is 0.326 e. The van der Waals surface area contributed by atoms with Crippen LogP contribution in [0.3, 0.4) is 0 Å². The molecule has 13 heteroatoms. The van der Waals surface area contributed by atoms with Crippen LogP contribution in [0.25, 0.3) is 0 Å². The Balaban J connectivity index is 2.01. The van der Waals surface area contributed by atoms with Gasteiger partial charge in [-0.1, -0.05) is 12.1 Å². The van der Waals surface area contributed by atoms with Crippen molar-refractivity contribution >= 4 is 23.7 Å². The second kappa shape index (κ2) is 12.3. The molecule has 0 aliphatic carbocycles. The summed E-state index contributed by atoms with van der Waals surface area (Å²) in [7, 11) is 0. The van der Waals surface area contributed by atoms with Crippen LogP contribution in [0.15, 0.2) is 36.8 Å². The molecule has 0 bridgehead atoms. The molecule has 2 rings (SSSR count). The molecular weight excluding hydrogens is 448 g/mol. The lowest BCUT2D eigenvalue weighted by Crippen LogP contribution is -2.56. The summed E-state index contributed by atoms with van der Waals surface area (Å²) in [5.41, 5.74) is 6.73. The van der Waals surface area contributed by atoms with Crippen molar-refractivity contribution in [2.75, 3.05) is 6.54 Å². The average Bonchev–Trinajstić information content (AvgIpc) is 3.30. The van der Waals surface area contributed by atoms with E-state index in [0.29, 0.717) is 11.3 Å². The zero-order valence-electron chi connectivity index (χ0n) is 18.4. The van der Waals surface area contributed by atoms with E-state index in [2.05, 4.69) is 25.9 Å². The molecule has 3 amide bonds. The average molecular weight is 476 g/mol. The first kappa shape index (κ1) is 26.3. The molecule has 2 aromatic rings. The number of nitrogens with two attached hydrogens (primary N) is 1. The Labute approximate surface area is 194 Å². The van der Waals surface area contributed by atoms with E-state index in [9.17, 15) is 34.5 Å². The number of aromatic hydroxyl groups is 1. The molecule has 34 heavy (non-hydrogen) atoms. The van der Waals surface area contributed by atoms with E-state index in [0.717, 1.165) is 0 Å². The highest BCUT2D eigenvalue weighted by molar-refractivity contribution is 5.92. The third-order valence-electron chi connectivity index (χ3n) is 4.87. The quantitative estimate of drug-likeness (QED) is 0.166. The number of hydrogen-bond acceptors (Lipinski definition) is 8. The minimum absolute atomic E-state index is 0.00355. The van der Waals surface area contributed by atoms with E-state index in [1.807, 2.05) is 0 Å². The standard InChI is InChI=1S/C21H28N6O7/c1-11(28)18(22)20(32)27-15(6-12-2-4-14(29)5-3-12)19(31)24-9-17(30)26-16(21(33)34)7-13-8-23-10-25-13/h2-5,8,10-11,15-16,18,28-29H,6-7,9,22H2,1H3,(H,23,25)(H,24,31)(H,26,30)(H,27,32)(H,33,34). The van der Waals surface area contributed by atoms with Gasteiger partial charge >= 0.3 is 5.97 Å². The van der Waals surface area contributed by atoms with Gasteiger partial charge in [0.1, 0.15) is 23.9 Å². The lowest BCUT2D eigenvalue weighted by Gasteiger charge is -2.22. The van der Waals surface area contributed by atoms with Gasteiger partial charge in [-0.2, -0.15) is 0 Å². The number of aliphatic carboxylic acids is 1. The number of aliphatic hydroxyl groups excluding tert-OH is 1. The summed E-state index contributed by atoms with van der Waals surface area (Å²) in [6.45, 7) is 0.780. The van der Waals surface area contributed by atoms with Gasteiger partial charge < -0.3 is 42.0 Å². The number of carboxylic acids is 1. The number of carbonyl (C=O) groups is 4. The highest BCUT2D eigenvalue weighted by atomic mass is 16.4. The van der Waals surface area contributed by atoms with Crippen LogP contribution in [-0.4, -0.2) is 79.8 Å². The maximum Gasteiger partial charge on any atom is 0.326 e. The van der Waals surface area contributed by atoms with Crippen molar-refractivity contribution in [1.82, 2.24) is 25.9 Å². The molecule has 0 aliphatic heterocycles. The third kappa shape index (κ3) is 8.18. The lowest BCUT2D eigenvalue weighted by atomic mass is 10.0. The molecule has 0 radical (unpaired) electrons. The van der Waals surface area contributed by atoms with Gasteiger partial charge in [-0.25, -0.2) is 9.78 Å². The first-order chi connectivity index (χ1) is 16.1. The molecule has 1 heterocycles. The molecule has 13 nitrogen and oxygen atoms in total. The summed E-state index contributed by atoms with van der Waals surface area (Å²) in [5.74, 6) is -3.50. The molecular formula is C21H28N6O7. The molecule has 0 saturated heterocycles. The summed E-state index contributed by atoms with van der Waals surface area (Å²) in [6, 6.07) is 2.24. The van der Waals surface area contributed by atoms with E-state index in [-0.39, 0.29) is 18.6 Å². The Hall–Kier alpha value is -3.97. The number of aromatic amines is 1. The van der Waals surface area contributed by atoms with Gasteiger partial charge in [0.05, 0.1) is 19.0 Å². The van der Waals surface area contributed by atoms with Crippen molar-refractivity contribution in [2.45, 2.75) is 44.0 Å². The number of carboxylic acid groups (broad SMARTS) is 1. The molecule has 1 aromatic heterocycles. The lowest BCUT2D eigenvalue weighted by molar-refractivity contribution is -0.141. The number of rotatable bonds is 12. The zero-order chi connectivity index (χ0) is 25.3. The van der Waals surface area contributed by atoms with E-state index >= 15 is 0 Å². The van der Waals surface area contributed by atoms with Crippen molar-refractivity contribution < 1.29 is 34.5 Å². The number of imidazole rings is 1. The molecule has 0 saturated carbocycles. The first-order valence-electron chi connectivity index (χ1n) is 10.4. The van der Waals surface area contributed by atoms with Crippen LogP contribution in [0.4, 0.5) is 0 Å². The van der Waals surface area contributed by atoms with Crippen LogP contribution in [0, 0.1) is 0 Å². The molecule has 0 aliphatic rings. The molecule has 4 atom stereocenters. The Morgan fingerprint density at radius 3 is 2.29 bits per heavy atom. The maximum absolute atomic E-state index is 12.7. The van der Waals surface area contributed by atoms with Crippen LogP contribution in [-0.2, 0) is 32.0 Å². The van der Waals surface area contributed by atoms with E-state index < -0.39 is 54.5 Å². The number of carbonyl (C=O) groups excluding carboxylic acids is 3. The number of aliphatic hydroxyl groups is 1. The van der Waals surface area contributed by atoms with Gasteiger partial charge in [-0.15, -0.1) is 0 Å². The summed E-state index contributed by atoms with van der Waals surface area (Å²) in [5, 5.41) is 35.4. The topological polar surface area (TPSA) is 220 Å². The minimum atomic E-state index is -1.28. The number of amides is 3. The van der Waals surface area contributed by atoms with Gasteiger partial charge in [0, 0.05) is 24.7 Å². The first-order valence-corrected chi connectivity index (χ1v) is 10.4. The van der Waals surface area contributed by atoms with Crippen LogP contribution in [0.1, 0.15) is 18.2 Å². The van der Waals surface area contributed by atoms with Crippen molar-refractivity contribution in [1.29, 1.82) is 0 Å². The number of benzene rings is 1. The number of hydrogen-bond donors (Lipinski definition) is 8. The van der Waals surface area contributed by atoms with Crippen molar-refractivity contribution in [3.8, 4) is 5.75 Å². The van der Waals surface area contributed by atoms with Gasteiger partial charge in [-0.05, 0) is 24.6 Å². The van der Waals surface area contributed by atoms with Crippen LogP contribution >= 0.6 is 0 Å². The molecule has 0 spiro atoms. The number of phenolic OH excluding ortho intramolecular Hbond substituents is 1. The van der Waals surface area contributed by atoms with E-state index in [1.165, 1.54) is 31.6 Å². The SMILES string of the molecule is CC(O)C(N)C(=O)NC(Cc1ccc(O)cc1)C(=O)NCC(=O)NC(Cc1cnc[nH]1)C(=O)O. The van der Waals surface area contributed by atoms with Crippen LogP contribution in [0.2, 0.25) is 0 Å². The molecule has 1 aromatic carbocycles. The Bertz CT molecular complexity index is 978. The van der Waals surface area contributed by atoms with Crippen molar-refractivity contribution in [3.63, 3.8) is 0 Å². The van der Waals surface area contributed by atoms with Gasteiger partial charge in [0.25, 0.3) is 0 Å². The Morgan fingerprint density at radius 2 is 1.74 bits per heavy atom. The normalized spacial score (nSPS) is 14.3. The van der Waals surface area contributed by atoms with E-state index in [4.69, 9.17) is 5.73 Å². The molecule has 0 fully saturated rings. The number of nitrogens with zero attached hydrogens (tertiary/aromatic N) is 1. The molecule has 9 N–H and O–H groups in total. The number of H-pyrrole nitrogens is 1. The van der Waals surface area contributed by atoms with Crippen LogP contribution in [0.5, 0.6) is 5.75 Å². The highest BCUT2D eigenvalue weighted by Gasteiger charge is 2.27. The fourth-order valence-electron chi connectivity index (χ4n) is 2.92. The second-order valence-electron chi connectivity index (χ2n) is 7.66. The van der Waals surface area contributed by atoms with E-state index in [1.54, 1.807) is 12.1 Å². The summed E-state index contributed by atoms with van der Waals surface area (Å²) in [6.07, 6.45) is 1.61. The molecule has 4 unspecified atom stereocenters. The number of nitrogens with one attached hydrogen (secondary N) is 4. The van der Waals surface area contributed by atoms with Crippen molar-refractivity contribution in [3.05, 3.63) is 48.0 Å². The Morgan fingerprint density at radius 1 is 1.06 bits per heavy atom. The Kier molecular flexibility index (Phi) is 9.52. The zero-order valence-corrected chi connectivity index (χ0v) is 18.4. The second-order valence-corrected chi connectivity index (χ2v) is 7.66. The largest absolute Gasteiger partial charge is 0.508 e. The monoisotopic (exact) mass is 476 g/mol.